The summed E-state index contributed by atoms with van der Waals surface area (Å²) in [5.41, 5.74) is 1.78. The molecule has 1 aliphatic rings. The van der Waals surface area contributed by atoms with Gasteiger partial charge < -0.3 is 14.8 Å². The monoisotopic (exact) mass is 414 g/mol. The van der Waals surface area contributed by atoms with Crippen LogP contribution in [0.25, 0.3) is 5.57 Å². The number of nitrogens with one attached hydrogen (secondary N) is 1. The Bertz CT molecular complexity index is 967. The minimum absolute atomic E-state index is 0.148. The first-order valence-electron chi connectivity index (χ1n) is 9.21. The smallest absolute Gasteiger partial charge is 0.278 e. The van der Waals surface area contributed by atoms with Crippen LogP contribution in [0, 0.1) is 5.92 Å². The third-order valence-electron chi connectivity index (χ3n) is 4.50. The third kappa shape index (κ3) is 4.22. The lowest BCUT2D eigenvalue weighted by molar-refractivity contribution is -0.137. The normalized spacial score (nSPS) is 14.1. The van der Waals surface area contributed by atoms with Crippen molar-refractivity contribution >= 4 is 34.7 Å². The van der Waals surface area contributed by atoms with E-state index in [-0.39, 0.29) is 23.4 Å². The fourth-order valence-electron chi connectivity index (χ4n) is 3.17. The molecule has 0 radical (unpaired) electrons. The lowest BCUT2D eigenvalue weighted by Crippen LogP contribution is -2.35. The van der Waals surface area contributed by atoms with Crippen LogP contribution in [0.2, 0.25) is 5.02 Å². The molecule has 1 aliphatic heterocycles. The number of carbonyl (C=O) groups is 2. The average Bonchev–Trinajstić information content (AvgIpc) is 2.92. The zero-order valence-corrected chi connectivity index (χ0v) is 17.5. The highest BCUT2D eigenvalue weighted by atomic mass is 35.5. The zero-order valence-electron chi connectivity index (χ0n) is 16.8. The van der Waals surface area contributed by atoms with E-state index in [2.05, 4.69) is 5.32 Å². The Morgan fingerprint density at radius 1 is 0.966 bits per heavy atom. The van der Waals surface area contributed by atoms with Gasteiger partial charge in [-0.05, 0) is 35.7 Å². The van der Waals surface area contributed by atoms with E-state index >= 15 is 0 Å². The van der Waals surface area contributed by atoms with Crippen LogP contribution in [0.5, 0.6) is 11.5 Å². The lowest BCUT2D eigenvalue weighted by atomic mass is 10.0. The van der Waals surface area contributed by atoms with Gasteiger partial charge in [-0.15, -0.1) is 0 Å². The maximum atomic E-state index is 13.1. The fourth-order valence-corrected chi connectivity index (χ4v) is 3.29. The molecule has 0 aliphatic carbocycles. The molecular weight excluding hydrogens is 392 g/mol. The number of ether oxygens (including phenoxy) is 2. The van der Waals surface area contributed by atoms with Crippen molar-refractivity contribution in [3.63, 3.8) is 0 Å². The minimum atomic E-state index is -0.358. The standard InChI is InChI=1S/C22H23ClN2O4/c1-13(2)12-25-21(26)19(14-5-7-15(23)8-6-14)20(22(25)27)24-16-9-10-17(28-3)18(11-16)29-4/h5-11,13,24H,12H2,1-4H3. The number of hydrogen-bond acceptors (Lipinski definition) is 5. The first kappa shape index (κ1) is 20.7. The van der Waals surface area contributed by atoms with Gasteiger partial charge in [0.1, 0.15) is 5.70 Å². The van der Waals surface area contributed by atoms with Crippen molar-refractivity contribution in [3.8, 4) is 11.5 Å². The Labute approximate surface area is 175 Å². The number of imide groups is 1. The van der Waals surface area contributed by atoms with Crippen molar-refractivity contribution in [2.24, 2.45) is 5.92 Å². The summed E-state index contributed by atoms with van der Waals surface area (Å²) in [6, 6.07) is 12.1. The number of benzene rings is 2. The summed E-state index contributed by atoms with van der Waals surface area (Å²) in [6.07, 6.45) is 0. The van der Waals surface area contributed by atoms with Crippen LogP contribution in [0.1, 0.15) is 19.4 Å². The predicted octanol–water partition coefficient (Wildman–Crippen LogP) is 4.21. The van der Waals surface area contributed by atoms with E-state index in [0.717, 1.165) is 0 Å². The van der Waals surface area contributed by atoms with Gasteiger partial charge in [0.05, 0.1) is 19.8 Å². The van der Waals surface area contributed by atoms with E-state index in [1.165, 1.54) is 12.0 Å². The van der Waals surface area contributed by atoms with E-state index in [4.69, 9.17) is 21.1 Å². The Morgan fingerprint density at radius 2 is 1.62 bits per heavy atom. The van der Waals surface area contributed by atoms with Gasteiger partial charge in [0, 0.05) is 23.3 Å². The predicted molar refractivity (Wildman–Crippen MR) is 113 cm³/mol. The topological polar surface area (TPSA) is 67.9 Å². The molecule has 1 heterocycles. The summed E-state index contributed by atoms with van der Waals surface area (Å²) in [6.45, 7) is 4.26. The summed E-state index contributed by atoms with van der Waals surface area (Å²) < 4.78 is 10.6. The van der Waals surface area contributed by atoms with Crippen LogP contribution in [0.15, 0.2) is 48.2 Å². The Hall–Kier alpha value is -2.99. The number of amides is 2. The van der Waals surface area contributed by atoms with Crippen molar-refractivity contribution in [2.75, 3.05) is 26.1 Å². The second-order valence-electron chi connectivity index (χ2n) is 7.07. The van der Waals surface area contributed by atoms with E-state index in [9.17, 15) is 9.59 Å². The first-order valence-corrected chi connectivity index (χ1v) is 9.59. The van der Waals surface area contributed by atoms with Crippen molar-refractivity contribution in [1.29, 1.82) is 0 Å². The molecule has 0 saturated heterocycles. The number of carbonyl (C=O) groups excluding carboxylic acids is 2. The van der Waals surface area contributed by atoms with E-state index < -0.39 is 0 Å². The molecule has 0 aromatic heterocycles. The number of anilines is 1. The van der Waals surface area contributed by atoms with Crippen LogP contribution in [0.3, 0.4) is 0 Å². The van der Waals surface area contributed by atoms with E-state index in [1.54, 1.807) is 49.6 Å². The summed E-state index contributed by atoms with van der Waals surface area (Å²) in [5.74, 6) is 0.550. The van der Waals surface area contributed by atoms with Crippen LogP contribution in [-0.4, -0.2) is 37.5 Å². The molecule has 6 nitrogen and oxygen atoms in total. The van der Waals surface area contributed by atoms with Crippen LogP contribution in [0.4, 0.5) is 5.69 Å². The molecule has 29 heavy (non-hydrogen) atoms. The van der Waals surface area contributed by atoms with Gasteiger partial charge in [0.25, 0.3) is 11.8 Å². The SMILES string of the molecule is COc1ccc(NC2=C(c3ccc(Cl)cc3)C(=O)N(CC(C)C)C2=O)cc1OC. The summed E-state index contributed by atoms with van der Waals surface area (Å²) >= 11 is 5.99. The molecule has 0 unspecified atom stereocenters. The zero-order chi connectivity index (χ0) is 21.1. The van der Waals surface area contributed by atoms with Crippen molar-refractivity contribution < 1.29 is 19.1 Å². The largest absolute Gasteiger partial charge is 0.493 e. The van der Waals surface area contributed by atoms with E-state index in [0.29, 0.717) is 39.9 Å². The maximum Gasteiger partial charge on any atom is 0.278 e. The number of nitrogens with zero attached hydrogens (tertiary/aromatic N) is 1. The van der Waals surface area contributed by atoms with Crippen LogP contribution >= 0.6 is 11.6 Å². The molecule has 0 fully saturated rings. The Morgan fingerprint density at radius 3 is 2.21 bits per heavy atom. The van der Waals surface area contributed by atoms with Gasteiger partial charge in [-0.1, -0.05) is 37.6 Å². The van der Waals surface area contributed by atoms with Crippen LogP contribution in [-0.2, 0) is 9.59 Å². The number of hydrogen-bond donors (Lipinski definition) is 1. The average molecular weight is 415 g/mol. The van der Waals surface area contributed by atoms with Crippen molar-refractivity contribution in [1.82, 2.24) is 4.90 Å². The Balaban J connectivity index is 2.05. The molecule has 2 aromatic carbocycles. The molecule has 2 amide bonds. The molecule has 2 aromatic rings. The van der Waals surface area contributed by atoms with E-state index in [1.807, 2.05) is 13.8 Å². The van der Waals surface area contributed by atoms with Gasteiger partial charge >= 0.3 is 0 Å². The first-order chi connectivity index (χ1) is 13.8. The summed E-state index contributed by atoms with van der Waals surface area (Å²) in [5, 5.41) is 3.67. The molecule has 0 atom stereocenters. The highest BCUT2D eigenvalue weighted by molar-refractivity contribution is 6.36. The van der Waals surface area contributed by atoms with Gasteiger partial charge in [0.15, 0.2) is 11.5 Å². The van der Waals surface area contributed by atoms with Crippen molar-refractivity contribution in [2.45, 2.75) is 13.8 Å². The minimum Gasteiger partial charge on any atom is -0.493 e. The molecular formula is C22H23ClN2O4. The summed E-state index contributed by atoms with van der Waals surface area (Å²) in [4.78, 5) is 27.5. The molecule has 152 valence electrons. The molecule has 3 rings (SSSR count). The maximum absolute atomic E-state index is 13.1. The van der Waals surface area contributed by atoms with Gasteiger partial charge in [-0.3, -0.25) is 14.5 Å². The molecule has 0 saturated carbocycles. The molecule has 1 N–H and O–H groups in total. The third-order valence-corrected chi connectivity index (χ3v) is 4.75. The molecule has 7 heteroatoms. The number of halogens is 1. The molecule has 0 bridgehead atoms. The Kier molecular flexibility index (Phi) is 6.13. The van der Waals surface area contributed by atoms with Gasteiger partial charge in [-0.25, -0.2) is 0 Å². The van der Waals surface area contributed by atoms with Gasteiger partial charge in [-0.2, -0.15) is 0 Å². The fraction of sp³-hybridized carbons (Fsp3) is 0.273. The highest BCUT2D eigenvalue weighted by Crippen LogP contribution is 2.34. The lowest BCUT2D eigenvalue weighted by Gasteiger charge is -2.17. The van der Waals surface area contributed by atoms with Gasteiger partial charge in [0.2, 0.25) is 0 Å². The quantitative estimate of drug-likeness (QED) is 0.687. The molecule has 0 spiro atoms. The number of methoxy groups -OCH3 is 2. The van der Waals surface area contributed by atoms with Crippen molar-refractivity contribution in [3.05, 3.63) is 58.7 Å². The van der Waals surface area contributed by atoms with Crippen LogP contribution < -0.4 is 14.8 Å². The number of rotatable bonds is 7. The highest BCUT2D eigenvalue weighted by Gasteiger charge is 2.39. The second kappa shape index (κ2) is 8.57. The second-order valence-corrected chi connectivity index (χ2v) is 7.50. The summed E-state index contributed by atoms with van der Waals surface area (Å²) in [7, 11) is 3.09.